The number of amides is 2. The molecule has 4 nitrogen and oxygen atoms in total. The maximum absolute atomic E-state index is 12.3. The molecule has 124 valence electrons. The Labute approximate surface area is 138 Å². The maximum atomic E-state index is 12.3. The number of hydrogen-bond donors (Lipinski definition) is 1. The number of rotatable bonds is 4. The molecular weight excluding hydrogens is 288 g/mol. The zero-order chi connectivity index (χ0) is 16.2. The third kappa shape index (κ3) is 3.92. The van der Waals surface area contributed by atoms with E-state index in [0.29, 0.717) is 12.5 Å². The summed E-state index contributed by atoms with van der Waals surface area (Å²) in [6.45, 7) is 4.11. The number of nitrogens with zero attached hydrogens (tertiary/aromatic N) is 1. The van der Waals surface area contributed by atoms with Crippen LogP contribution in [0.5, 0.6) is 0 Å². The van der Waals surface area contributed by atoms with Gasteiger partial charge in [0.15, 0.2) is 0 Å². The van der Waals surface area contributed by atoms with Crippen molar-refractivity contribution in [2.75, 3.05) is 13.1 Å². The van der Waals surface area contributed by atoms with Gasteiger partial charge in [0.25, 0.3) is 0 Å². The summed E-state index contributed by atoms with van der Waals surface area (Å²) < 4.78 is 0. The second kappa shape index (κ2) is 7.16. The van der Waals surface area contributed by atoms with E-state index < -0.39 is 0 Å². The standard InChI is InChI=1S/C19H26N2O2/c1-14-4-2-5-15(12-14)13-20-18(22)16-8-10-21(11-9-16)19(23)17-6-3-7-17/h2,4-5,12,16-17H,3,6-11,13H2,1H3,(H,20,22). The van der Waals surface area contributed by atoms with Gasteiger partial charge in [-0.2, -0.15) is 0 Å². The van der Waals surface area contributed by atoms with Crippen LogP contribution in [-0.4, -0.2) is 29.8 Å². The minimum absolute atomic E-state index is 0.0465. The molecule has 1 saturated heterocycles. The van der Waals surface area contributed by atoms with Crippen LogP contribution in [0.4, 0.5) is 0 Å². The van der Waals surface area contributed by atoms with Gasteiger partial charge in [-0.3, -0.25) is 9.59 Å². The smallest absolute Gasteiger partial charge is 0.225 e. The van der Waals surface area contributed by atoms with E-state index in [1.54, 1.807) is 0 Å². The van der Waals surface area contributed by atoms with E-state index in [4.69, 9.17) is 0 Å². The summed E-state index contributed by atoms with van der Waals surface area (Å²) in [6, 6.07) is 8.20. The Morgan fingerprint density at radius 3 is 2.48 bits per heavy atom. The fraction of sp³-hybridized carbons (Fsp3) is 0.579. The minimum Gasteiger partial charge on any atom is -0.352 e. The van der Waals surface area contributed by atoms with Crippen LogP contribution in [0.25, 0.3) is 0 Å². The Morgan fingerprint density at radius 1 is 1.13 bits per heavy atom. The minimum atomic E-state index is 0.0465. The van der Waals surface area contributed by atoms with Gasteiger partial charge in [-0.25, -0.2) is 0 Å². The van der Waals surface area contributed by atoms with Crippen LogP contribution in [0.15, 0.2) is 24.3 Å². The van der Waals surface area contributed by atoms with E-state index in [9.17, 15) is 9.59 Å². The molecule has 23 heavy (non-hydrogen) atoms. The topological polar surface area (TPSA) is 49.4 Å². The van der Waals surface area contributed by atoms with Crippen molar-refractivity contribution in [2.24, 2.45) is 11.8 Å². The highest BCUT2D eigenvalue weighted by molar-refractivity contribution is 5.81. The Balaban J connectivity index is 1.43. The Kier molecular flexibility index (Phi) is 4.99. The first-order valence-corrected chi connectivity index (χ1v) is 8.75. The summed E-state index contributed by atoms with van der Waals surface area (Å²) in [6.07, 6.45) is 4.87. The predicted octanol–water partition coefficient (Wildman–Crippen LogP) is 2.65. The molecular formula is C19H26N2O2. The highest BCUT2D eigenvalue weighted by Gasteiger charge is 2.33. The fourth-order valence-corrected chi connectivity index (χ4v) is 3.43. The number of benzene rings is 1. The number of piperidine rings is 1. The van der Waals surface area contributed by atoms with Crippen molar-refractivity contribution in [1.82, 2.24) is 10.2 Å². The zero-order valence-corrected chi connectivity index (χ0v) is 13.9. The van der Waals surface area contributed by atoms with Gasteiger partial charge in [-0.1, -0.05) is 36.2 Å². The molecule has 1 N–H and O–H groups in total. The number of hydrogen-bond acceptors (Lipinski definition) is 2. The Hall–Kier alpha value is -1.84. The molecule has 1 aliphatic heterocycles. The molecule has 0 spiro atoms. The second-order valence-corrected chi connectivity index (χ2v) is 6.93. The quantitative estimate of drug-likeness (QED) is 0.929. The molecule has 1 aromatic carbocycles. The van der Waals surface area contributed by atoms with Gasteiger partial charge in [0.05, 0.1) is 0 Å². The van der Waals surface area contributed by atoms with E-state index >= 15 is 0 Å². The highest BCUT2D eigenvalue weighted by Crippen LogP contribution is 2.30. The Bertz CT molecular complexity index is 572. The van der Waals surface area contributed by atoms with Crippen molar-refractivity contribution >= 4 is 11.8 Å². The summed E-state index contributed by atoms with van der Waals surface area (Å²) in [4.78, 5) is 26.5. The number of carbonyl (C=O) groups is 2. The third-order valence-corrected chi connectivity index (χ3v) is 5.18. The zero-order valence-electron chi connectivity index (χ0n) is 13.9. The van der Waals surface area contributed by atoms with Gasteiger partial charge in [-0.15, -0.1) is 0 Å². The summed E-state index contributed by atoms with van der Waals surface area (Å²) >= 11 is 0. The van der Waals surface area contributed by atoms with Crippen LogP contribution in [0.3, 0.4) is 0 Å². The second-order valence-electron chi connectivity index (χ2n) is 6.93. The molecule has 2 fully saturated rings. The average molecular weight is 314 g/mol. The van der Waals surface area contributed by atoms with E-state index in [2.05, 4.69) is 24.4 Å². The average Bonchev–Trinajstić information content (AvgIpc) is 2.51. The molecule has 4 heteroatoms. The van der Waals surface area contributed by atoms with Gasteiger partial charge in [0.2, 0.25) is 11.8 Å². The summed E-state index contributed by atoms with van der Waals surface area (Å²) in [5.41, 5.74) is 2.34. The molecule has 3 rings (SSSR count). The van der Waals surface area contributed by atoms with E-state index in [1.165, 1.54) is 12.0 Å². The maximum Gasteiger partial charge on any atom is 0.225 e. The number of carbonyl (C=O) groups excluding carboxylic acids is 2. The monoisotopic (exact) mass is 314 g/mol. The van der Waals surface area contributed by atoms with Crippen LogP contribution >= 0.6 is 0 Å². The SMILES string of the molecule is Cc1cccc(CNC(=O)C2CCN(C(=O)C3CCC3)CC2)c1. The largest absolute Gasteiger partial charge is 0.352 e. The first-order chi connectivity index (χ1) is 11.1. The predicted molar refractivity (Wildman–Crippen MR) is 89.7 cm³/mol. The van der Waals surface area contributed by atoms with E-state index in [0.717, 1.165) is 44.3 Å². The van der Waals surface area contributed by atoms with Gasteiger partial charge in [0, 0.05) is 31.5 Å². The van der Waals surface area contributed by atoms with Crippen molar-refractivity contribution < 1.29 is 9.59 Å². The molecule has 1 saturated carbocycles. The van der Waals surface area contributed by atoms with Gasteiger partial charge in [-0.05, 0) is 38.2 Å². The summed E-state index contributed by atoms with van der Waals surface area (Å²) in [5, 5.41) is 3.04. The molecule has 1 aromatic rings. The molecule has 2 amide bonds. The molecule has 0 radical (unpaired) electrons. The van der Waals surface area contributed by atoms with Crippen LogP contribution in [0.1, 0.15) is 43.2 Å². The third-order valence-electron chi connectivity index (χ3n) is 5.18. The van der Waals surface area contributed by atoms with Crippen LogP contribution < -0.4 is 5.32 Å². The van der Waals surface area contributed by atoms with Crippen LogP contribution in [0.2, 0.25) is 0 Å². The molecule has 0 bridgehead atoms. The van der Waals surface area contributed by atoms with Gasteiger partial charge in [0.1, 0.15) is 0 Å². The summed E-state index contributed by atoms with van der Waals surface area (Å²) in [5.74, 6) is 0.754. The van der Waals surface area contributed by atoms with E-state index in [1.807, 2.05) is 17.0 Å². The van der Waals surface area contributed by atoms with Crippen molar-refractivity contribution in [2.45, 2.75) is 45.6 Å². The van der Waals surface area contributed by atoms with Crippen molar-refractivity contribution in [1.29, 1.82) is 0 Å². The normalized spacial score (nSPS) is 19.3. The number of aryl methyl sites for hydroxylation is 1. The molecule has 0 unspecified atom stereocenters. The summed E-state index contributed by atoms with van der Waals surface area (Å²) in [7, 11) is 0. The van der Waals surface area contributed by atoms with Crippen LogP contribution in [0, 0.1) is 18.8 Å². The molecule has 0 atom stereocenters. The van der Waals surface area contributed by atoms with Gasteiger partial charge < -0.3 is 10.2 Å². The van der Waals surface area contributed by atoms with Crippen molar-refractivity contribution in [3.05, 3.63) is 35.4 Å². The van der Waals surface area contributed by atoms with Gasteiger partial charge >= 0.3 is 0 Å². The fourth-order valence-electron chi connectivity index (χ4n) is 3.43. The van der Waals surface area contributed by atoms with Crippen molar-refractivity contribution in [3.8, 4) is 0 Å². The first-order valence-electron chi connectivity index (χ1n) is 8.75. The Morgan fingerprint density at radius 2 is 1.87 bits per heavy atom. The van der Waals surface area contributed by atoms with Crippen molar-refractivity contribution in [3.63, 3.8) is 0 Å². The van der Waals surface area contributed by atoms with Crippen LogP contribution in [-0.2, 0) is 16.1 Å². The lowest BCUT2D eigenvalue weighted by molar-refractivity contribution is -0.141. The van der Waals surface area contributed by atoms with E-state index in [-0.39, 0.29) is 17.7 Å². The lowest BCUT2D eigenvalue weighted by Crippen LogP contribution is -2.46. The lowest BCUT2D eigenvalue weighted by Gasteiger charge is -2.36. The lowest BCUT2D eigenvalue weighted by atomic mass is 9.83. The molecule has 0 aromatic heterocycles. The highest BCUT2D eigenvalue weighted by atomic mass is 16.2. The number of nitrogens with one attached hydrogen (secondary N) is 1. The molecule has 1 aliphatic carbocycles. The first kappa shape index (κ1) is 16.0. The molecule has 2 aliphatic rings. The molecule has 1 heterocycles. The number of likely N-dealkylation sites (tertiary alicyclic amines) is 1.